The normalized spacial score (nSPS) is 26.1. The lowest BCUT2D eigenvalue weighted by molar-refractivity contribution is -0.151. The molecule has 1 amide bonds. The van der Waals surface area contributed by atoms with Crippen LogP contribution < -0.4 is 0 Å². The molecule has 0 bridgehead atoms. The van der Waals surface area contributed by atoms with Gasteiger partial charge in [-0.3, -0.25) is 9.69 Å². The fourth-order valence-corrected chi connectivity index (χ4v) is 3.17. The summed E-state index contributed by atoms with van der Waals surface area (Å²) in [5.74, 6) is 2.05. The minimum atomic E-state index is 0.0595. The van der Waals surface area contributed by atoms with Crippen molar-refractivity contribution >= 4 is 5.91 Å². The van der Waals surface area contributed by atoms with Gasteiger partial charge in [0.15, 0.2) is 0 Å². The number of furan rings is 1. The lowest BCUT2D eigenvalue weighted by atomic mass is 10.1. The molecule has 0 unspecified atom stereocenters. The molecule has 1 aromatic heterocycles. The lowest BCUT2D eigenvalue weighted by Crippen LogP contribution is -2.53. The largest absolute Gasteiger partial charge is 0.465 e. The summed E-state index contributed by atoms with van der Waals surface area (Å²) in [6.07, 6.45) is 2.79. The van der Waals surface area contributed by atoms with Gasteiger partial charge in [0.1, 0.15) is 18.1 Å². The van der Waals surface area contributed by atoms with Crippen molar-refractivity contribution < 1.29 is 13.9 Å². The van der Waals surface area contributed by atoms with Crippen molar-refractivity contribution in [2.45, 2.75) is 32.0 Å². The summed E-state index contributed by atoms with van der Waals surface area (Å²) in [5.41, 5.74) is 0. The minimum absolute atomic E-state index is 0.0595. The molecule has 21 heavy (non-hydrogen) atoms. The fourth-order valence-electron chi connectivity index (χ4n) is 3.17. The molecule has 114 valence electrons. The highest BCUT2D eigenvalue weighted by Gasteiger charge is 2.42. The van der Waals surface area contributed by atoms with Gasteiger partial charge in [-0.05, 0) is 12.1 Å². The van der Waals surface area contributed by atoms with Crippen molar-refractivity contribution in [2.24, 2.45) is 0 Å². The Hall–Kier alpha value is -1.59. The number of nitrogens with zero attached hydrogens (tertiary/aromatic N) is 2. The molecule has 1 aromatic rings. The van der Waals surface area contributed by atoms with Crippen LogP contribution >= 0.6 is 0 Å². The van der Waals surface area contributed by atoms with E-state index in [-0.39, 0.29) is 24.7 Å². The Labute approximate surface area is 125 Å². The average Bonchev–Trinajstić information content (AvgIpc) is 3.09. The molecule has 5 heteroatoms. The first-order valence-corrected chi connectivity index (χ1v) is 7.53. The van der Waals surface area contributed by atoms with Crippen molar-refractivity contribution in [2.75, 3.05) is 26.2 Å². The number of likely N-dealkylation sites (tertiary alicyclic amines) is 1. The minimum Gasteiger partial charge on any atom is -0.465 e. The Bertz CT molecular complexity index is 525. The molecule has 0 radical (unpaired) electrons. The summed E-state index contributed by atoms with van der Waals surface area (Å²) in [6, 6.07) is 4.20. The number of amides is 1. The van der Waals surface area contributed by atoms with E-state index < -0.39 is 0 Å². The predicted octanol–water partition coefficient (Wildman–Crippen LogP) is 1.44. The van der Waals surface area contributed by atoms with Gasteiger partial charge in [-0.25, -0.2) is 0 Å². The van der Waals surface area contributed by atoms with Gasteiger partial charge in [0.25, 0.3) is 0 Å². The Balaban J connectivity index is 1.65. The zero-order chi connectivity index (χ0) is 14.8. The Morgan fingerprint density at radius 2 is 2.19 bits per heavy atom. The van der Waals surface area contributed by atoms with Crippen LogP contribution in [0.1, 0.15) is 18.4 Å². The highest BCUT2D eigenvalue weighted by atomic mass is 16.5. The standard InChI is InChI=1S/C16H22N2O3/c1-3-7-18-14-9-17(10-15(14)20-11-16(18)19)8-13-6-5-12(4-2)21-13/h3,5-6,14-15H,1,4,7-11H2,2H3/t14-,15-/m1/s1. The maximum absolute atomic E-state index is 12.0. The maximum Gasteiger partial charge on any atom is 0.249 e. The molecule has 3 heterocycles. The van der Waals surface area contributed by atoms with E-state index in [1.165, 1.54) is 0 Å². The molecular weight excluding hydrogens is 268 g/mol. The van der Waals surface area contributed by atoms with Crippen molar-refractivity contribution in [1.29, 1.82) is 0 Å². The monoisotopic (exact) mass is 290 g/mol. The van der Waals surface area contributed by atoms with Crippen LogP contribution in [0.3, 0.4) is 0 Å². The first-order chi connectivity index (χ1) is 10.2. The topological polar surface area (TPSA) is 45.9 Å². The lowest BCUT2D eigenvalue weighted by Gasteiger charge is -2.36. The van der Waals surface area contributed by atoms with Gasteiger partial charge in [-0.1, -0.05) is 13.0 Å². The quantitative estimate of drug-likeness (QED) is 0.770. The van der Waals surface area contributed by atoms with E-state index in [0.717, 1.165) is 37.6 Å². The van der Waals surface area contributed by atoms with Gasteiger partial charge in [-0.15, -0.1) is 6.58 Å². The van der Waals surface area contributed by atoms with Crippen LogP contribution in [0, 0.1) is 0 Å². The summed E-state index contributed by atoms with van der Waals surface area (Å²) in [7, 11) is 0. The average molecular weight is 290 g/mol. The highest BCUT2D eigenvalue weighted by Crippen LogP contribution is 2.25. The van der Waals surface area contributed by atoms with Crippen LogP contribution in [0.15, 0.2) is 29.2 Å². The number of fused-ring (bicyclic) bond motifs is 1. The first-order valence-electron chi connectivity index (χ1n) is 7.53. The molecule has 0 spiro atoms. The molecule has 2 atom stereocenters. The van der Waals surface area contributed by atoms with E-state index in [1.807, 2.05) is 17.0 Å². The van der Waals surface area contributed by atoms with Crippen molar-refractivity contribution in [3.8, 4) is 0 Å². The third-order valence-electron chi connectivity index (χ3n) is 4.23. The Kier molecular flexibility index (Phi) is 4.12. The Morgan fingerprint density at radius 1 is 1.38 bits per heavy atom. The van der Waals surface area contributed by atoms with Crippen molar-refractivity contribution in [3.05, 3.63) is 36.3 Å². The van der Waals surface area contributed by atoms with Crippen LogP contribution in [0.4, 0.5) is 0 Å². The molecule has 2 aliphatic heterocycles. The number of rotatable bonds is 5. The second kappa shape index (κ2) is 6.03. The van der Waals surface area contributed by atoms with Gasteiger partial charge in [0.05, 0.1) is 18.7 Å². The van der Waals surface area contributed by atoms with E-state index >= 15 is 0 Å². The second-order valence-electron chi connectivity index (χ2n) is 5.67. The molecule has 0 N–H and O–H groups in total. The predicted molar refractivity (Wildman–Crippen MR) is 78.8 cm³/mol. The van der Waals surface area contributed by atoms with E-state index in [2.05, 4.69) is 18.4 Å². The number of ether oxygens (including phenoxy) is 1. The smallest absolute Gasteiger partial charge is 0.249 e. The molecule has 0 aromatic carbocycles. The van der Waals surface area contributed by atoms with E-state index in [9.17, 15) is 4.79 Å². The van der Waals surface area contributed by atoms with Crippen molar-refractivity contribution in [3.63, 3.8) is 0 Å². The number of hydrogen-bond acceptors (Lipinski definition) is 4. The molecule has 5 nitrogen and oxygen atoms in total. The van der Waals surface area contributed by atoms with Gasteiger partial charge < -0.3 is 14.1 Å². The van der Waals surface area contributed by atoms with Gasteiger partial charge in [0, 0.05) is 26.1 Å². The third-order valence-corrected chi connectivity index (χ3v) is 4.23. The summed E-state index contributed by atoms with van der Waals surface area (Å²) < 4.78 is 11.5. The fraction of sp³-hybridized carbons (Fsp3) is 0.562. The zero-order valence-corrected chi connectivity index (χ0v) is 12.5. The Morgan fingerprint density at radius 3 is 2.90 bits per heavy atom. The second-order valence-corrected chi connectivity index (χ2v) is 5.67. The summed E-state index contributed by atoms with van der Waals surface area (Å²) in [4.78, 5) is 16.1. The number of morpholine rings is 1. The van der Waals surface area contributed by atoms with Crippen LogP contribution in [-0.2, 0) is 22.5 Å². The zero-order valence-electron chi connectivity index (χ0n) is 12.5. The van der Waals surface area contributed by atoms with Crippen LogP contribution in [0.5, 0.6) is 0 Å². The molecule has 2 fully saturated rings. The molecule has 2 aliphatic rings. The first kappa shape index (κ1) is 14.4. The third kappa shape index (κ3) is 2.89. The SMILES string of the molecule is C=CCN1C(=O)CO[C@@H]2CN(Cc3ccc(CC)o3)C[C@H]21. The summed E-state index contributed by atoms with van der Waals surface area (Å²) in [6.45, 7) is 9.04. The van der Waals surface area contributed by atoms with E-state index in [0.29, 0.717) is 6.54 Å². The molecule has 0 aliphatic carbocycles. The van der Waals surface area contributed by atoms with Crippen molar-refractivity contribution in [1.82, 2.24) is 9.80 Å². The van der Waals surface area contributed by atoms with Crippen LogP contribution in [-0.4, -0.2) is 54.1 Å². The summed E-state index contributed by atoms with van der Waals surface area (Å²) in [5, 5.41) is 0. The van der Waals surface area contributed by atoms with Gasteiger partial charge in [0.2, 0.25) is 5.91 Å². The molecule has 2 saturated heterocycles. The maximum atomic E-state index is 12.0. The van der Waals surface area contributed by atoms with Crippen LogP contribution in [0.25, 0.3) is 0 Å². The number of carbonyl (C=O) groups excluding carboxylic acids is 1. The molecular formula is C16H22N2O3. The highest BCUT2D eigenvalue weighted by molar-refractivity contribution is 5.78. The van der Waals surface area contributed by atoms with Gasteiger partial charge in [-0.2, -0.15) is 0 Å². The van der Waals surface area contributed by atoms with E-state index in [1.54, 1.807) is 6.08 Å². The number of carbonyl (C=O) groups is 1. The molecule has 0 saturated carbocycles. The number of hydrogen-bond donors (Lipinski definition) is 0. The molecule has 3 rings (SSSR count). The number of aryl methyl sites for hydroxylation is 1. The van der Waals surface area contributed by atoms with Gasteiger partial charge >= 0.3 is 0 Å². The summed E-state index contributed by atoms with van der Waals surface area (Å²) >= 11 is 0. The van der Waals surface area contributed by atoms with E-state index in [4.69, 9.17) is 9.15 Å². The van der Waals surface area contributed by atoms with Crippen LogP contribution in [0.2, 0.25) is 0 Å².